The number of nitrogens with one attached hydrogen (secondary N) is 1. The van der Waals surface area contributed by atoms with E-state index in [-0.39, 0.29) is 10.6 Å². The highest BCUT2D eigenvalue weighted by atomic mass is 16.6. The van der Waals surface area contributed by atoms with Gasteiger partial charge in [-0.2, -0.15) is 0 Å². The van der Waals surface area contributed by atoms with Gasteiger partial charge < -0.3 is 5.32 Å². The smallest absolute Gasteiger partial charge is 0.250 e. The summed E-state index contributed by atoms with van der Waals surface area (Å²) in [5.74, 6) is 1.33. The van der Waals surface area contributed by atoms with Gasteiger partial charge in [0.05, 0.1) is 16.9 Å². The third-order valence-electron chi connectivity index (χ3n) is 3.41. The minimum Gasteiger partial charge on any atom is -0.373 e. The van der Waals surface area contributed by atoms with Crippen LogP contribution in [0.2, 0.25) is 0 Å². The number of para-hydroxylation sites is 1. The largest absolute Gasteiger partial charge is 0.373 e. The van der Waals surface area contributed by atoms with Crippen molar-refractivity contribution in [2.24, 2.45) is 0 Å². The molecule has 1 aromatic heterocycles. The summed E-state index contributed by atoms with van der Waals surface area (Å²) in [6.45, 7) is 0. The molecule has 0 spiro atoms. The van der Waals surface area contributed by atoms with Crippen LogP contribution in [-0.4, -0.2) is 21.9 Å². The van der Waals surface area contributed by atoms with Crippen molar-refractivity contribution in [2.75, 3.05) is 12.4 Å². The Morgan fingerprint density at radius 2 is 2.05 bits per heavy atom. The van der Waals surface area contributed by atoms with E-state index in [4.69, 9.17) is 0 Å². The van der Waals surface area contributed by atoms with Crippen LogP contribution in [-0.2, 0) is 0 Å². The van der Waals surface area contributed by atoms with Crippen molar-refractivity contribution >= 4 is 22.8 Å². The van der Waals surface area contributed by atoms with Crippen LogP contribution in [0.4, 0.5) is 5.82 Å². The molecule has 0 atom stereocenters. The van der Waals surface area contributed by atoms with Gasteiger partial charge in [-0.05, 0) is 23.8 Å². The maximum Gasteiger partial charge on any atom is 0.250 e. The van der Waals surface area contributed by atoms with Gasteiger partial charge in [0.15, 0.2) is 5.82 Å². The Labute approximate surface area is 127 Å². The van der Waals surface area contributed by atoms with Gasteiger partial charge in [-0.1, -0.05) is 24.3 Å². The summed E-state index contributed by atoms with van der Waals surface area (Å²) in [7, 11) is 1.81. The summed E-state index contributed by atoms with van der Waals surface area (Å²) in [6, 6.07) is 7.75. The highest BCUT2D eigenvalue weighted by Gasteiger charge is 2.16. The van der Waals surface area contributed by atoms with Crippen LogP contribution in [0.3, 0.4) is 0 Å². The summed E-state index contributed by atoms with van der Waals surface area (Å²) in [5.41, 5.74) is 1.93. The summed E-state index contributed by atoms with van der Waals surface area (Å²) in [4.78, 5) is 19.3. The van der Waals surface area contributed by atoms with Crippen molar-refractivity contribution in [3.63, 3.8) is 0 Å². The summed E-state index contributed by atoms with van der Waals surface area (Å²) in [5, 5.41) is 14.7. The number of nitrogens with zero attached hydrogens (tertiary/aromatic N) is 3. The van der Waals surface area contributed by atoms with E-state index in [1.807, 2.05) is 37.4 Å². The molecule has 0 fully saturated rings. The lowest BCUT2D eigenvalue weighted by Gasteiger charge is -2.05. The molecule has 0 bridgehead atoms. The Hall–Kier alpha value is -3.02. The predicted molar refractivity (Wildman–Crippen MR) is 85.9 cm³/mol. The number of allylic oxidation sites excluding steroid dienone is 4. The maximum atomic E-state index is 10.7. The Balaban J connectivity index is 1.86. The number of aromatic nitrogens is 2. The molecule has 1 heterocycles. The van der Waals surface area contributed by atoms with Crippen molar-refractivity contribution in [1.29, 1.82) is 0 Å². The number of benzene rings is 1. The molecule has 0 saturated carbocycles. The van der Waals surface area contributed by atoms with Crippen molar-refractivity contribution in [3.8, 4) is 0 Å². The quantitative estimate of drug-likeness (QED) is 0.692. The zero-order valence-electron chi connectivity index (χ0n) is 12.0. The number of anilines is 1. The van der Waals surface area contributed by atoms with Crippen LogP contribution < -0.4 is 5.32 Å². The molecule has 1 N–H and O–H groups in total. The molecule has 1 aliphatic rings. The van der Waals surface area contributed by atoms with Crippen LogP contribution in [0.1, 0.15) is 12.2 Å². The van der Waals surface area contributed by atoms with E-state index in [1.165, 1.54) is 6.08 Å². The lowest BCUT2D eigenvalue weighted by molar-refractivity contribution is -0.426. The van der Waals surface area contributed by atoms with Crippen LogP contribution in [0.15, 0.2) is 53.8 Å². The number of rotatable bonds is 4. The van der Waals surface area contributed by atoms with Crippen LogP contribution in [0, 0.1) is 10.1 Å². The second-order valence-electron chi connectivity index (χ2n) is 4.86. The molecule has 0 aliphatic heterocycles. The Morgan fingerprint density at radius 3 is 2.77 bits per heavy atom. The van der Waals surface area contributed by atoms with E-state index in [0.29, 0.717) is 12.2 Å². The molecule has 2 aromatic rings. The molecule has 1 aromatic carbocycles. The van der Waals surface area contributed by atoms with Gasteiger partial charge in [-0.25, -0.2) is 9.97 Å². The number of nitro groups is 1. The first-order chi connectivity index (χ1) is 10.7. The third kappa shape index (κ3) is 2.71. The zero-order chi connectivity index (χ0) is 15.5. The molecule has 0 radical (unpaired) electrons. The Morgan fingerprint density at radius 1 is 1.23 bits per heavy atom. The van der Waals surface area contributed by atoms with Gasteiger partial charge in [-0.15, -0.1) is 0 Å². The maximum absolute atomic E-state index is 10.7. The molecule has 22 heavy (non-hydrogen) atoms. The second-order valence-corrected chi connectivity index (χ2v) is 4.86. The lowest BCUT2D eigenvalue weighted by atomic mass is 10.2. The van der Waals surface area contributed by atoms with Gasteiger partial charge in [-0.3, -0.25) is 10.1 Å². The predicted octanol–water partition coefficient (Wildman–Crippen LogP) is 3.18. The Kier molecular flexibility index (Phi) is 3.65. The summed E-state index contributed by atoms with van der Waals surface area (Å²) < 4.78 is 0. The standard InChI is InChI=1S/C16H14N4O2/c1-17-16-13-4-2-3-5-14(13)18-15(19-16)9-7-11-6-8-12(10-11)20(21)22/h2-9H,10H2,1H3,(H,17,18,19)/b9-7+. The molecule has 0 amide bonds. The molecule has 3 rings (SSSR count). The minimum absolute atomic E-state index is 0.204. The zero-order valence-corrected chi connectivity index (χ0v) is 12.0. The molecular weight excluding hydrogens is 280 g/mol. The highest BCUT2D eigenvalue weighted by molar-refractivity contribution is 5.89. The fraction of sp³-hybridized carbons (Fsp3) is 0.125. The van der Waals surface area contributed by atoms with Crippen LogP contribution in [0.5, 0.6) is 0 Å². The fourth-order valence-electron chi connectivity index (χ4n) is 2.31. The van der Waals surface area contributed by atoms with Crippen molar-refractivity contribution in [3.05, 3.63) is 69.7 Å². The summed E-state index contributed by atoms with van der Waals surface area (Å²) >= 11 is 0. The van der Waals surface area contributed by atoms with Gasteiger partial charge >= 0.3 is 0 Å². The molecule has 6 nitrogen and oxygen atoms in total. The minimum atomic E-state index is -0.358. The third-order valence-corrected chi connectivity index (χ3v) is 3.41. The van der Waals surface area contributed by atoms with Gasteiger partial charge in [0.2, 0.25) is 0 Å². The fourth-order valence-corrected chi connectivity index (χ4v) is 2.31. The van der Waals surface area contributed by atoms with Gasteiger partial charge in [0.1, 0.15) is 5.82 Å². The van der Waals surface area contributed by atoms with E-state index in [2.05, 4.69) is 15.3 Å². The first kappa shape index (κ1) is 13.9. The van der Waals surface area contributed by atoms with Gasteiger partial charge in [0, 0.05) is 18.5 Å². The average molecular weight is 294 g/mol. The van der Waals surface area contributed by atoms with Gasteiger partial charge in [0.25, 0.3) is 5.70 Å². The molecular formula is C16H14N4O2. The SMILES string of the molecule is CNc1nc(/C=C/C2=CC=C([N+](=O)[O-])C2)nc2ccccc12. The monoisotopic (exact) mass is 294 g/mol. The van der Waals surface area contributed by atoms with E-state index < -0.39 is 0 Å². The van der Waals surface area contributed by atoms with E-state index in [9.17, 15) is 10.1 Å². The molecule has 0 unspecified atom stereocenters. The second kappa shape index (κ2) is 5.77. The van der Waals surface area contributed by atoms with Crippen molar-refractivity contribution < 1.29 is 4.92 Å². The lowest BCUT2D eigenvalue weighted by Crippen LogP contribution is -1.98. The molecule has 1 aliphatic carbocycles. The van der Waals surface area contributed by atoms with Crippen LogP contribution in [0.25, 0.3) is 17.0 Å². The molecule has 0 saturated heterocycles. The first-order valence-corrected chi connectivity index (χ1v) is 6.84. The van der Waals surface area contributed by atoms with Crippen molar-refractivity contribution in [2.45, 2.75) is 6.42 Å². The average Bonchev–Trinajstić information content (AvgIpc) is 3.01. The van der Waals surface area contributed by atoms with Crippen LogP contribution >= 0.6 is 0 Å². The molecule has 110 valence electrons. The van der Waals surface area contributed by atoms with Crippen molar-refractivity contribution in [1.82, 2.24) is 9.97 Å². The number of hydrogen-bond donors (Lipinski definition) is 1. The van der Waals surface area contributed by atoms with E-state index in [1.54, 1.807) is 12.2 Å². The summed E-state index contributed by atoms with van der Waals surface area (Å²) in [6.07, 6.45) is 7.19. The number of fused-ring (bicyclic) bond motifs is 1. The highest BCUT2D eigenvalue weighted by Crippen LogP contribution is 2.22. The molecule has 6 heteroatoms. The first-order valence-electron chi connectivity index (χ1n) is 6.84. The van der Waals surface area contributed by atoms with E-state index in [0.717, 1.165) is 22.3 Å². The normalized spacial score (nSPS) is 14.2. The number of hydrogen-bond acceptors (Lipinski definition) is 5. The topological polar surface area (TPSA) is 81.0 Å². The Bertz CT molecular complexity index is 837. The van der Waals surface area contributed by atoms with E-state index >= 15 is 0 Å².